The minimum absolute atomic E-state index is 0.0575. The van der Waals surface area contributed by atoms with Gasteiger partial charge in [-0.2, -0.15) is 0 Å². The summed E-state index contributed by atoms with van der Waals surface area (Å²) in [5, 5.41) is 1.18. The van der Waals surface area contributed by atoms with Crippen LogP contribution in [-0.4, -0.2) is 46.2 Å². The highest BCUT2D eigenvalue weighted by atomic mass is 32.1. The zero-order valence-electron chi connectivity index (χ0n) is 16.7. The fourth-order valence-corrected chi connectivity index (χ4v) is 5.51. The van der Waals surface area contributed by atoms with E-state index in [4.69, 9.17) is 4.98 Å². The summed E-state index contributed by atoms with van der Waals surface area (Å²) >= 11 is 1.77. The average molecular weight is 418 g/mol. The van der Waals surface area contributed by atoms with Crippen LogP contribution >= 0.6 is 11.3 Å². The first-order valence-corrected chi connectivity index (χ1v) is 11.2. The predicted molar refractivity (Wildman–Crippen MR) is 119 cm³/mol. The first-order chi connectivity index (χ1) is 14.6. The van der Waals surface area contributed by atoms with Crippen LogP contribution in [0.25, 0.3) is 15.9 Å². The van der Waals surface area contributed by atoms with Crippen molar-refractivity contribution in [3.05, 3.63) is 71.2 Å². The number of carbonyl (C=O) groups is 2. The molecule has 3 heterocycles. The van der Waals surface area contributed by atoms with Gasteiger partial charge in [0.15, 0.2) is 0 Å². The summed E-state index contributed by atoms with van der Waals surface area (Å²) in [6.45, 7) is 5.92. The Morgan fingerprint density at radius 3 is 2.50 bits per heavy atom. The summed E-state index contributed by atoms with van der Waals surface area (Å²) in [6, 6.07) is 15.7. The van der Waals surface area contributed by atoms with Crippen molar-refractivity contribution in [2.75, 3.05) is 19.6 Å². The van der Waals surface area contributed by atoms with E-state index in [-0.39, 0.29) is 11.8 Å². The van der Waals surface area contributed by atoms with E-state index in [9.17, 15) is 9.59 Å². The highest BCUT2D eigenvalue weighted by Gasteiger charge is 2.32. The molecule has 0 saturated carbocycles. The van der Waals surface area contributed by atoms with Gasteiger partial charge in [-0.3, -0.25) is 9.59 Å². The molecule has 1 aromatic heterocycles. The Kier molecular flexibility index (Phi) is 4.87. The van der Waals surface area contributed by atoms with Gasteiger partial charge in [-0.25, -0.2) is 4.98 Å². The van der Waals surface area contributed by atoms with E-state index in [1.807, 2.05) is 41.3 Å². The van der Waals surface area contributed by atoms with Gasteiger partial charge >= 0.3 is 0 Å². The van der Waals surface area contributed by atoms with E-state index in [1.165, 1.54) is 9.71 Å². The van der Waals surface area contributed by atoms with Gasteiger partial charge in [0, 0.05) is 48.8 Å². The van der Waals surface area contributed by atoms with Crippen molar-refractivity contribution in [1.29, 1.82) is 0 Å². The first-order valence-electron chi connectivity index (χ1n) is 10.4. The van der Waals surface area contributed by atoms with Crippen LogP contribution in [0.1, 0.15) is 46.1 Å². The second-order valence-electron chi connectivity index (χ2n) is 7.87. The van der Waals surface area contributed by atoms with Crippen LogP contribution in [-0.2, 0) is 4.79 Å². The largest absolute Gasteiger partial charge is 0.343 e. The van der Waals surface area contributed by atoms with Gasteiger partial charge < -0.3 is 9.80 Å². The van der Waals surface area contributed by atoms with Crippen LogP contribution in [0.5, 0.6) is 0 Å². The molecule has 0 bridgehead atoms. The lowest BCUT2D eigenvalue weighted by atomic mass is 9.97. The summed E-state index contributed by atoms with van der Waals surface area (Å²) in [5.74, 6) is 0.466. The number of nitrogens with zero attached hydrogens (tertiary/aromatic N) is 3. The molecule has 0 radical (unpaired) electrons. The highest BCUT2D eigenvalue weighted by Crippen LogP contribution is 2.34. The Morgan fingerprint density at radius 2 is 1.77 bits per heavy atom. The third-order valence-electron chi connectivity index (χ3n) is 6.10. The molecule has 6 heteroatoms. The minimum atomic E-state index is -0.0575. The van der Waals surface area contributed by atoms with E-state index in [0.717, 1.165) is 37.0 Å². The molecule has 0 N–H and O–H groups in total. The summed E-state index contributed by atoms with van der Waals surface area (Å²) in [7, 11) is 0. The van der Waals surface area contributed by atoms with E-state index in [1.54, 1.807) is 16.2 Å². The smallest absolute Gasteiger partial charge is 0.258 e. The topological polar surface area (TPSA) is 53.5 Å². The Hall–Kier alpha value is -2.99. The second-order valence-corrected chi connectivity index (χ2v) is 8.94. The molecular weight excluding hydrogens is 394 g/mol. The molecule has 5 nitrogen and oxygen atoms in total. The number of hydrogen-bond donors (Lipinski definition) is 0. The summed E-state index contributed by atoms with van der Waals surface area (Å²) in [4.78, 5) is 33.7. The SMILES string of the molecule is C=C1c2ccccc2C(=O)N1CCC(=O)N1CCC(c2nc3ccccc3s2)CC1. The van der Waals surface area contributed by atoms with Crippen LogP contribution in [0.2, 0.25) is 0 Å². The first kappa shape index (κ1) is 19.0. The van der Waals surface area contributed by atoms with E-state index < -0.39 is 0 Å². The van der Waals surface area contributed by atoms with Crippen LogP contribution in [0.15, 0.2) is 55.1 Å². The summed E-state index contributed by atoms with van der Waals surface area (Å²) in [6.07, 6.45) is 2.20. The van der Waals surface area contributed by atoms with Crippen LogP contribution in [0.3, 0.4) is 0 Å². The molecule has 2 aliphatic rings. The van der Waals surface area contributed by atoms with Crippen molar-refractivity contribution < 1.29 is 9.59 Å². The molecule has 0 atom stereocenters. The lowest BCUT2D eigenvalue weighted by Crippen LogP contribution is -2.39. The van der Waals surface area contributed by atoms with Gasteiger partial charge in [0.2, 0.25) is 5.91 Å². The fourth-order valence-electron chi connectivity index (χ4n) is 4.38. The van der Waals surface area contributed by atoms with Crippen molar-refractivity contribution in [2.45, 2.75) is 25.2 Å². The Bertz CT molecular complexity index is 1080. The number of rotatable bonds is 4. The number of para-hydroxylation sites is 1. The maximum absolute atomic E-state index is 12.8. The van der Waals surface area contributed by atoms with Crippen molar-refractivity contribution in [3.63, 3.8) is 0 Å². The van der Waals surface area contributed by atoms with Crippen molar-refractivity contribution in [3.8, 4) is 0 Å². The second kappa shape index (κ2) is 7.69. The molecule has 30 heavy (non-hydrogen) atoms. The third-order valence-corrected chi connectivity index (χ3v) is 7.29. The summed E-state index contributed by atoms with van der Waals surface area (Å²) < 4.78 is 1.22. The third kappa shape index (κ3) is 3.31. The maximum atomic E-state index is 12.8. The van der Waals surface area contributed by atoms with Crippen molar-refractivity contribution >= 4 is 39.1 Å². The van der Waals surface area contributed by atoms with Gasteiger partial charge in [-0.15, -0.1) is 11.3 Å². The van der Waals surface area contributed by atoms with Gasteiger partial charge in [0.1, 0.15) is 0 Å². The number of thiazole rings is 1. The number of benzene rings is 2. The molecule has 152 valence electrons. The maximum Gasteiger partial charge on any atom is 0.258 e. The summed E-state index contributed by atoms with van der Waals surface area (Å²) in [5.41, 5.74) is 3.30. The number of hydrogen-bond acceptors (Lipinski definition) is 4. The molecule has 2 aliphatic heterocycles. The normalized spacial score (nSPS) is 17.1. The Labute approximate surface area is 179 Å². The molecule has 3 aromatic rings. The number of carbonyl (C=O) groups excluding carboxylic acids is 2. The predicted octanol–water partition coefficient (Wildman–Crippen LogP) is 4.52. The molecule has 1 fully saturated rings. The zero-order chi connectivity index (χ0) is 20.7. The zero-order valence-corrected chi connectivity index (χ0v) is 17.5. The molecule has 0 unspecified atom stereocenters. The molecule has 2 aromatic carbocycles. The van der Waals surface area contributed by atoms with Gasteiger partial charge in [-0.1, -0.05) is 36.9 Å². The van der Waals surface area contributed by atoms with Crippen LogP contribution in [0, 0.1) is 0 Å². The molecule has 1 saturated heterocycles. The number of aromatic nitrogens is 1. The number of fused-ring (bicyclic) bond motifs is 2. The molecule has 2 amide bonds. The van der Waals surface area contributed by atoms with Crippen molar-refractivity contribution in [2.24, 2.45) is 0 Å². The van der Waals surface area contributed by atoms with Gasteiger partial charge in [0.25, 0.3) is 5.91 Å². The molecule has 0 aliphatic carbocycles. The highest BCUT2D eigenvalue weighted by molar-refractivity contribution is 7.18. The van der Waals surface area contributed by atoms with E-state index >= 15 is 0 Å². The Morgan fingerprint density at radius 1 is 1.07 bits per heavy atom. The fraction of sp³-hybridized carbons (Fsp3) is 0.292. The average Bonchev–Trinajstić information content (AvgIpc) is 3.32. The lowest BCUT2D eigenvalue weighted by molar-refractivity contribution is -0.132. The van der Waals surface area contributed by atoms with E-state index in [0.29, 0.717) is 30.1 Å². The quantitative estimate of drug-likeness (QED) is 0.627. The number of likely N-dealkylation sites (tertiary alicyclic amines) is 1. The minimum Gasteiger partial charge on any atom is -0.343 e. The number of amides is 2. The van der Waals surface area contributed by atoms with E-state index in [2.05, 4.69) is 18.7 Å². The van der Waals surface area contributed by atoms with Crippen LogP contribution < -0.4 is 0 Å². The molecular formula is C24H23N3O2S. The van der Waals surface area contributed by atoms with Crippen LogP contribution in [0.4, 0.5) is 0 Å². The van der Waals surface area contributed by atoms with Crippen molar-refractivity contribution in [1.82, 2.24) is 14.8 Å². The molecule has 0 spiro atoms. The monoisotopic (exact) mass is 417 g/mol. The Balaban J connectivity index is 1.17. The van der Waals surface area contributed by atoms with Gasteiger partial charge in [-0.05, 0) is 31.0 Å². The number of piperidine rings is 1. The lowest BCUT2D eigenvalue weighted by Gasteiger charge is -2.31. The molecule has 5 rings (SSSR count). The van der Waals surface area contributed by atoms with Gasteiger partial charge in [0.05, 0.1) is 15.2 Å². The standard InChI is InChI=1S/C24H23N3O2S/c1-16-18-6-2-3-7-19(18)24(29)27(16)15-12-22(28)26-13-10-17(11-14-26)23-25-20-8-4-5-9-21(20)30-23/h2-9,17H,1,10-15H2.